The average molecular weight is 206 g/mol. The van der Waals surface area contributed by atoms with Crippen LogP contribution < -0.4 is 0 Å². The van der Waals surface area contributed by atoms with Crippen LogP contribution in [0.5, 0.6) is 0 Å². The lowest BCUT2D eigenvalue weighted by molar-refractivity contribution is 0.170. The van der Waals surface area contributed by atoms with Crippen molar-refractivity contribution in [2.45, 2.75) is 12.5 Å². The van der Waals surface area contributed by atoms with Crippen molar-refractivity contribution in [1.82, 2.24) is 0 Å². The summed E-state index contributed by atoms with van der Waals surface area (Å²) in [6.07, 6.45) is 1.18. The number of halogens is 1. The van der Waals surface area contributed by atoms with Gasteiger partial charge in [-0.2, -0.15) is 0 Å². The van der Waals surface area contributed by atoms with Gasteiger partial charge in [-0.25, -0.2) is 4.39 Å². The summed E-state index contributed by atoms with van der Waals surface area (Å²) in [4.78, 5) is 0. The zero-order chi connectivity index (χ0) is 10.7. The van der Waals surface area contributed by atoms with Gasteiger partial charge in [-0.15, -0.1) is 0 Å². The SMILES string of the molecule is OC(Cc1ccco1)c1cccc(F)c1. The third kappa shape index (κ3) is 2.44. The molecule has 0 aliphatic heterocycles. The van der Waals surface area contributed by atoms with E-state index in [0.717, 1.165) is 0 Å². The second-order valence-electron chi connectivity index (χ2n) is 3.35. The molecule has 0 saturated carbocycles. The fourth-order valence-electron chi connectivity index (χ4n) is 1.45. The number of benzene rings is 1. The van der Waals surface area contributed by atoms with Crippen molar-refractivity contribution in [2.75, 3.05) is 0 Å². The van der Waals surface area contributed by atoms with Crippen LogP contribution in [-0.2, 0) is 6.42 Å². The number of aliphatic hydroxyl groups is 1. The molecule has 2 nitrogen and oxygen atoms in total. The van der Waals surface area contributed by atoms with Gasteiger partial charge in [0.25, 0.3) is 0 Å². The number of hydrogen-bond acceptors (Lipinski definition) is 2. The molecule has 0 amide bonds. The molecular weight excluding hydrogens is 195 g/mol. The van der Waals surface area contributed by atoms with E-state index in [1.165, 1.54) is 12.1 Å². The molecule has 1 aromatic carbocycles. The van der Waals surface area contributed by atoms with Gasteiger partial charge in [0, 0.05) is 6.42 Å². The van der Waals surface area contributed by atoms with Gasteiger partial charge in [-0.05, 0) is 29.8 Å². The van der Waals surface area contributed by atoms with Crippen molar-refractivity contribution in [3.05, 3.63) is 59.8 Å². The monoisotopic (exact) mass is 206 g/mol. The first-order valence-corrected chi connectivity index (χ1v) is 4.71. The molecule has 2 aromatic rings. The van der Waals surface area contributed by atoms with Crippen LogP contribution in [0.15, 0.2) is 47.1 Å². The Morgan fingerprint density at radius 1 is 1.27 bits per heavy atom. The van der Waals surface area contributed by atoms with E-state index in [1.54, 1.807) is 30.5 Å². The third-order valence-corrected chi connectivity index (χ3v) is 2.21. The van der Waals surface area contributed by atoms with Gasteiger partial charge in [0.15, 0.2) is 0 Å². The fraction of sp³-hybridized carbons (Fsp3) is 0.167. The zero-order valence-corrected chi connectivity index (χ0v) is 8.06. The van der Waals surface area contributed by atoms with Crippen LogP contribution in [-0.4, -0.2) is 5.11 Å². The maximum atomic E-state index is 12.9. The molecule has 3 heteroatoms. The summed E-state index contributed by atoms with van der Waals surface area (Å²) >= 11 is 0. The first-order chi connectivity index (χ1) is 7.25. The van der Waals surface area contributed by atoms with E-state index in [-0.39, 0.29) is 5.82 Å². The highest BCUT2D eigenvalue weighted by Gasteiger charge is 2.10. The van der Waals surface area contributed by atoms with Crippen LogP contribution in [0, 0.1) is 5.82 Å². The molecule has 15 heavy (non-hydrogen) atoms. The highest BCUT2D eigenvalue weighted by molar-refractivity contribution is 5.20. The molecule has 1 unspecified atom stereocenters. The molecule has 0 saturated heterocycles. The summed E-state index contributed by atoms with van der Waals surface area (Å²) in [7, 11) is 0. The molecule has 0 aliphatic rings. The van der Waals surface area contributed by atoms with Crippen molar-refractivity contribution in [1.29, 1.82) is 0 Å². The Balaban J connectivity index is 2.11. The maximum absolute atomic E-state index is 12.9. The molecule has 0 aliphatic carbocycles. The van der Waals surface area contributed by atoms with Crippen LogP contribution in [0.4, 0.5) is 4.39 Å². The minimum absolute atomic E-state index is 0.342. The Bertz CT molecular complexity index is 423. The second kappa shape index (κ2) is 4.28. The van der Waals surface area contributed by atoms with Crippen LogP contribution in [0.3, 0.4) is 0 Å². The highest BCUT2D eigenvalue weighted by atomic mass is 19.1. The van der Waals surface area contributed by atoms with Crippen LogP contribution in [0.25, 0.3) is 0 Å². The largest absolute Gasteiger partial charge is 0.469 e. The lowest BCUT2D eigenvalue weighted by Crippen LogP contribution is -2.01. The predicted molar refractivity (Wildman–Crippen MR) is 53.8 cm³/mol. The number of furan rings is 1. The van der Waals surface area contributed by atoms with Crippen LogP contribution >= 0.6 is 0 Å². The van der Waals surface area contributed by atoms with Gasteiger partial charge >= 0.3 is 0 Å². The molecule has 0 radical (unpaired) electrons. The zero-order valence-electron chi connectivity index (χ0n) is 8.06. The molecule has 78 valence electrons. The second-order valence-corrected chi connectivity index (χ2v) is 3.35. The molecule has 1 atom stereocenters. The topological polar surface area (TPSA) is 33.4 Å². The number of aliphatic hydroxyl groups excluding tert-OH is 1. The quantitative estimate of drug-likeness (QED) is 0.837. The molecular formula is C12H11FO2. The molecule has 2 rings (SSSR count). The van der Waals surface area contributed by atoms with E-state index in [1.807, 2.05) is 0 Å². The predicted octanol–water partition coefficient (Wildman–Crippen LogP) is 2.69. The van der Waals surface area contributed by atoms with Crippen LogP contribution in [0.2, 0.25) is 0 Å². The Kier molecular flexibility index (Phi) is 2.83. The summed E-state index contributed by atoms with van der Waals surface area (Å²) in [5.41, 5.74) is 0.561. The molecule has 1 heterocycles. The first kappa shape index (κ1) is 9.93. The minimum atomic E-state index is -0.730. The Morgan fingerprint density at radius 3 is 2.80 bits per heavy atom. The normalized spacial score (nSPS) is 12.7. The van der Waals surface area contributed by atoms with Gasteiger partial charge in [0.2, 0.25) is 0 Å². The molecule has 0 bridgehead atoms. The third-order valence-electron chi connectivity index (χ3n) is 2.21. The van der Waals surface area contributed by atoms with E-state index in [9.17, 15) is 9.50 Å². The van der Waals surface area contributed by atoms with Gasteiger partial charge in [-0.3, -0.25) is 0 Å². The minimum Gasteiger partial charge on any atom is -0.469 e. The summed E-state index contributed by atoms with van der Waals surface area (Å²) in [5, 5.41) is 9.79. The van der Waals surface area contributed by atoms with Gasteiger partial charge in [-0.1, -0.05) is 12.1 Å². The van der Waals surface area contributed by atoms with Crippen LogP contribution in [0.1, 0.15) is 17.4 Å². The standard InChI is InChI=1S/C12H11FO2/c13-10-4-1-3-9(7-10)12(14)8-11-5-2-6-15-11/h1-7,12,14H,8H2. The molecule has 0 spiro atoms. The van der Waals surface area contributed by atoms with Crippen molar-refractivity contribution in [3.63, 3.8) is 0 Å². The van der Waals surface area contributed by atoms with Gasteiger partial charge in [0.05, 0.1) is 12.4 Å². The van der Waals surface area contributed by atoms with Crippen molar-refractivity contribution in [2.24, 2.45) is 0 Å². The average Bonchev–Trinajstić information content (AvgIpc) is 2.70. The van der Waals surface area contributed by atoms with Gasteiger partial charge in [0.1, 0.15) is 11.6 Å². The fourth-order valence-corrected chi connectivity index (χ4v) is 1.45. The number of rotatable bonds is 3. The van der Waals surface area contributed by atoms with E-state index < -0.39 is 6.10 Å². The lowest BCUT2D eigenvalue weighted by atomic mass is 10.1. The first-order valence-electron chi connectivity index (χ1n) is 4.71. The van der Waals surface area contributed by atoms with Crippen molar-refractivity contribution >= 4 is 0 Å². The summed E-state index contributed by atoms with van der Waals surface area (Å²) in [6.45, 7) is 0. The van der Waals surface area contributed by atoms with Crippen molar-refractivity contribution < 1.29 is 13.9 Å². The Morgan fingerprint density at radius 2 is 2.13 bits per heavy atom. The number of hydrogen-bond donors (Lipinski definition) is 1. The smallest absolute Gasteiger partial charge is 0.123 e. The molecule has 0 fully saturated rings. The Labute approximate surface area is 87.0 Å². The van der Waals surface area contributed by atoms with E-state index in [0.29, 0.717) is 17.7 Å². The van der Waals surface area contributed by atoms with E-state index >= 15 is 0 Å². The summed E-state index contributed by atoms with van der Waals surface area (Å²) < 4.78 is 18.0. The molecule has 1 N–H and O–H groups in total. The summed E-state index contributed by atoms with van der Waals surface area (Å²) in [5.74, 6) is 0.345. The van der Waals surface area contributed by atoms with E-state index in [4.69, 9.17) is 4.42 Å². The van der Waals surface area contributed by atoms with E-state index in [2.05, 4.69) is 0 Å². The van der Waals surface area contributed by atoms with Gasteiger partial charge < -0.3 is 9.52 Å². The molecule has 1 aromatic heterocycles. The lowest BCUT2D eigenvalue weighted by Gasteiger charge is -2.08. The Hall–Kier alpha value is -1.61. The highest BCUT2D eigenvalue weighted by Crippen LogP contribution is 2.18. The maximum Gasteiger partial charge on any atom is 0.123 e. The van der Waals surface area contributed by atoms with Crippen molar-refractivity contribution in [3.8, 4) is 0 Å². The summed E-state index contributed by atoms with van der Waals surface area (Å²) in [6, 6.07) is 9.49.